The van der Waals surface area contributed by atoms with E-state index >= 15 is 0 Å². The fourth-order valence-corrected chi connectivity index (χ4v) is 1.43. The summed E-state index contributed by atoms with van der Waals surface area (Å²) in [7, 11) is 0. The third kappa shape index (κ3) is 6.05. The molecule has 21 heavy (non-hydrogen) atoms. The maximum absolute atomic E-state index is 11.6. The van der Waals surface area contributed by atoms with Crippen LogP contribution in [0.1, 0.15) is 24.2 Å². The van der Waals surface area contributed by atoms with Gasteiger partial charge in [0.05, 0.1) is 24.8 Å². The Labute approximate surface area is 122 Å². The van der Waals surface area contributed by atoms with Gasteiger partial charge in [0.25, 0.3) is 0 Å². The number of anilines is 1. The summed E-state index contributed by atoms with van der Waals surface area (Å²) >= 11 is 0. The number of esters is 1. The molecule has 7 nitrogen and oxygen atoms in total. The number of hydrogen-bond acceptors (Lipinski definition) is 5. The van der Waals surface area contributed by atoms with E-state index in [1.165, 1.54) is 0 Å². The van der Waals surface area contributed by atoms with E-state index in [9.17, 15) is 14.4 Å². The molecule has 1 aromatic carbocycles. The zero-order valence-corrected chi connectivity index (χ0v) is 12.0. The second-order valence-electron chi connectivity index (χ2n) is 4.56. The maximum Gasteiger partial charge on any atom is 0.338 e. The Hall–Kier alpha value is -2.41. The minimum Gasteiger partial charge on any atom is -0.459 e. The van der Waals surface area contributed by atoms with Gasteiger partial charge in [0.2, 0.25) is 11.8 Å². The molecule has 0 spiro atoms. The van der Waals surface area contributed by atoms with Crippen molar-refractivity contribution in [3.8, 4) is 0 Å². The largest absolute Gasteiger partial charge is 0.459 e. The quantitative estimate of drug-likeness (QED) is 0.652. The lowest BCUT2D eigenvalue weighted by molar-refractivity contribution is -0.123. The van der Waals surface area contributed by atoms with Crippen LogP contribution in [0.4, 0.5) is 5.69 Å². The Kier molecular flexibility index (Phi) is 6.35. The first-order valence-corrected chi connectivity index (χ1v) is 6.50. The van der Waals surface area contributed by atoms with Crippen molar-refractivity contribution in [2.24, 2.45) is 5.73 Å². The second kappa shape index (κ2) is 8.01. The third-order valence-corrected chi connectivity index (χ3v) is 2.38. The standard InChI is InChI=1S/C14H19N3O4/c1-9(2)21-14(20)10-3-5-11(6-4-10)17-13(19)8-16-12(18)7-15/h3-6,9H,7-8,15H2,1-2H3,(H,16,18)(H,17,19). The Morgan fingerprint density at radius 3 is 2.29 bits per heavy atom. The number of benzene rings is 1. The normalized spacial score (nSPS) is 10.1. The Morgan fingerprint density at radius 2 is 1.76 bits per heavy atom. The lowest BCUT2D eigenvalue weighted by Crippen LogP contribution is -2.36. The van der Waals surface area contributed by atoms with Crippen molar-refractivity contribution in [2.45, 2.75) is 20.0 Å². The number of hydrogen-bond donors (Lipinski definition) is 3. The van der Waals surface area contributed by atoms with Crippen LogP contribution in [0.15, 0.2) is 24.3 Å². The summed E-state index contributed by atoms with van der Waals surface area (Å²) in [4.78, 5) is 34.1. The van der Waals surface area contributed by atoms with E-state index in [0.29, 0.717) is 11.3 Å². The molecular weight excluding hydrogens is 274 g/mol. The van der Waals surface area contributed by atoms with Gasteiger partial charge in [-0.3, -0.25) is 9.59 Å². The van der Waals surface area contributed by atoms with Crippen molar-refractivity contribution in [2.75, 3.05) is 18.4 Å². The zero-order chi connectivity index (χ0) is 15.8. The minimum atomic E-state index is -0.418. The van der Waals surface area contributed by atoms with Gasteiger partial charge in [-0.1, -0.05) is 0 Å². The maximum atomic E-state index is 11.6. The van der Waals surface area contributed by atoms with Crippen molar-refractivity contribution < 1.29 is 19.1 Å². The molecule has 0 heterocycles. The minimum absolute atomic E-state index is 0.160. The van der Waals surface area contributed by atoms with Crippen LogP contribution in [-0.2, 0) is 14.3 Å². The smallest absolute Gasteiger partial charge is 0.338 e. The van der Waals surface area contributed by atoms with E-state index in [1.807, 2.05) is 0 Å². The molecule has 0 atom stereocenters. The first-order valence-electron chi connectivity index (χ1n) is 6.50. The molecule has 0 fully saturated rings. The molecule has 0 bridgehead atoms. The number of nitrogens with one attached hydrogen (secondary N) is 2. The Bertz CT molecular complexity index is 511. The summed E-state index contributed by atoms with van der Waals surface area (Å²) in [5, 5.41) is 4.94. The highest BCUT2D eigenvalue weighted by molar-refractivity contribution is 5.95. The number of nitrogens with two attached hydrogens (primary N) is 1. The van der Waals surface area contributed by atoms with Crippen LogP contribution in [0, 0.1) is 0 Å². The van der Waals surface area contributed by atoms with Crippen molar-refractivity contribution in [1.29, 1.82) is 0 Å². The molecule has 0 aliphatic rings. The molecule has 7 heteroatoms. The van der Waals surface area contributed by atoms with E-state index in [2.05, 4.69) is 10.6 Å². The molecule has 114 valence electrons. The van der Waals surface area contributed by atoms with E-state index in [0.717, 1.165) is 0 Å². The van der Waals surface area contributed by atoms with Gasteiger partial charge < -0.3 is 21.1 Å². The summed E-state index contributed by atoms with van der Waals surface area (Å²) < 4.78 is 5.05. The van der Waals surface area contributed by atoms with E-state index in [1.54, 1.807) is 38.1 Å². The summed E-state index contributed by atoms with van der Waals surface area (Å²) in [6.45, 7) is 3.21. The van der Waals surface area contributed by atoms with E-state index in [-0.39, 0.29) is 25.1 Å². The SMILES string of the molecule is CC(C)OC(=O)c1ccc(NC(=O)CNC(=O)CN)cc1. The van der Waals surface area contributed by atoms with Gasteiger partial charge in [-0.05, 0) is 38.1 Å². The highest BCUT2D eigenvalue weighted by atomic mass is 16.5. The average Bonchev–Trinajstić information content (AvgIpc) is 2.44. The Morgan fingerprint density at radius 1 is 1.14 bits per heavy atom. The van der Waals surface area contributed by atoms with Gasteiger partial charge >= 0.3 is 5.97 Å². The van der Waals surface area contributed by atoms with Crippen molar-refractivity contribution >= 4 is 23.5 Å². The average molecular weight is 293 g/mol. The molecule has 0 radical (unpaired) electrons. The number of carbonyl (C=O) groups is 3. The summed E-state index contributed by atoms with van der Waals surface area (Å²) in [6.07, 6.45) is -0.192. The third-order valence-electron chi connectivity index (χ3n) is 2.38. The molecule has 0 aromatic heterocycles. The van der Waals surface area contributed by atoms with Gasteiger partial charge in [0.15, 0.2) is 0 Å². The fourth-order valence-electron chi connectivity index (χ4n) is 1.43. The van der Waals surface area contributed by atoms with E-state index in [4.69, 9.17) is 10.5 Å². The van der Waals surface area contributed by atoms with Crippen LogP contribution in [0.25, 0.3) is 0 Å². The van der Waals surface area contributed by atoms with Crippen molar-refractivity contribution in [3.05, 3.63) is 29.8 Å². The number of carbonyl (C=O) groups excluding carboxylic acids is 3. The molecule has 0 saturated heterocycles. The molecule has 2 amide bonds. The highest BCUT2D eigenvalue weighted by Crippen LogP contribution is 2.11. The molecule has 0 aliphatic heterocycles. The van der Waals surface area contributed by atoms with E-state index < -0.39 is 11.9 Å². The molecule has 0 unspecified atom stereocenters. The number of amides is 2. The van der Waals surface area contributed by atoms with Crippen LogP contribution < -0.4 is 16.4 Å². The summed E-state index contributed by atoms with van der Waals surface area (Å²) in [6, 6.07) is 6.27. The molecule has 1 aromatic rings. The van der Waals surface area contributed by atoms with Gasteiger partial charge in [-0.15, -0.1) is 0 Å². The monoisotopic (exact) mass is 293 g/mol. The van der Waals surface area contributed by atoms with Crippen LogP contribution in [0.3, 0.4) is 0 Å². The lowest BCUT2D eigenvalue weighted by Gasteiger charge is -2.09. The Balaban J connectivity index is 2.52. The van der Waals surface area contributed by atoms with Crippen LogP contribution in [0.2, 0.25) is 0 Å². The highest BCUT2D eigenvalue weighted by Gasteiger charge is 2.09. The predicted molar refractivity (Wildman–Crippen MR) is 77.7 cm³/mol. The van der Waals surface area contributed by atoms with Gasteiger partial charge in [-0.2, -0.15) is 0 Å². The molecule has 0 saturated carbocycles. The lowest BCUT2D eigenvalue weighted by atomic mass is 10.2. The number of ether oxygens (including phenoxy) is 1. The van der Waals surface area contributed by atoms with Gasteiger partial charge in [0.1, 0.15) is 0 Å². The zero-order valence-electron chi connectivity index (χ0n) is 12.0. The first-order chi connectivity index (χ1) is 9.92. The van der Waals surface area contributed by atoms with Crippen molar-refractivity contribution in [3.63, 3.8) is 0 Å². The topological polar surface area (TPSA) is 111 Å². The predicted octanol–water partition coefficient (Wildman–Crippen LogP) is 0.265. The molecule has 1 rings (SSSR count). The molecular formula is C14H19N3O4. The summed E-state index contributed by atoms with van der Waals surface area (Å²) in [5.74, 6) is -1.20. The summed E-state index contributed by atoms with van der Waals surface area (Å²) in [5.41, 5.74) is 6.02. The van der Waals surface area contributed by atoms with Crippen LogP contribution in [0.5, 0.6) is 0 Å². The van der Waals surface area contributed by atoms with Crippen LogP contribution >= 0.6 is 0 Å². The van der Waals surface area contributed by atoms with Gasteiger partial charge in [-0.25, -0.2) is 4.79 Å². The van der Waals surface area contributed by atoms with Crippen molar-refractivity contribution in [1.82, 2.24) is 5.32 Å². The molecule has 4 N–H and O–H groups in total. The van der Waals surface area contributed by atoms with Gasteiger partial charge in [0, 0.05) is 5.69 Å². The second-order valence-corrected chi connectivity index (χ2v) is 4.56. The first kappa shape index (κ1) is 16.6. The van der Waals surface area contributed by atoms with Crippen LogP contribution in [-0.4, -0.2) is 37.0 Å². The fraction of sp³-hybridized carbons (Fsp3) is 0.357. The number of rotatable bonds is 6. The molecule has 0 aliphatic carbocycles.